The van der Waals surface area contributed by atoms with Gasteiger partial charge in [0.1, 0.15) is 5.78 Å². The molecule has 6 heteroatoms. The Labute approximate surface area is 102 Å². The fraction of sp³-hybridized carbons (Fsp3) is 0.250. The van der Waals surface area contributed by atoms with Gasteiger partial charge >= 0.3 is 6.03 Å². The van der Waals surface area contributed by atoms with E-state index in [0.29, 0.717) is 16.4 Å². The number of ketones is 1. The second-order valence-corrected chi connectivity index (χ2v) is 4.09. The molecule has 0 fully saturated rings. The molecule has 18 heavy (non-hydrogen) atoms. The van der Waals surface area contributed by atoms with Crippen molar-refractivity contribution in [1.82, 2.24) is 0 Å². The molecule has 0 spiro atoms. The number of carbonyl (C=O) groups excluding carboxylic acids is 3. The summed E-state index contributed by atoms with van der Waals surface area (Å²) in [6, 6.07) is 2.71. The lowest BCUT2D eigenvalue weighted by atomic mass is 10.2. The highest BCUT2D eigenvalue weighted by Crippen LogP contribution is 2.06. The molecule has 0 atom stereocenters. The fourth-order valence-electron chi connectivity index (χ4n) is 1.72. The average molecular weight is 245 g/mol. The summed E-state index contributed by atoms with van der Waals surface area (Å²) in [5.41, 5.74) is 1.26. The lowest BCUT2D eigenvalue weighted by molar-refractivity contribution is -0.124. The van der Waals surface area contributed by atoms with Crippen LogP contribution in [-0.2, 0) is 9.59 Å². The Morgan fingerprint density at radius 2 is 2.00 bits per heavy atom. The van der Waals surface area contributed by atoms with Crippen molar-refractivity contribution in [3.05, 3.63) is 28.4 Å². The molecule has 1 N–H and O–H groups in total. The van der Waals surface area contributed by atoms with Crippen LogP contribution in [0.4, 0.5) is 10.5 Å². The number of hydrogen-bond donors (Lipinski definition) is 1. The number of carbonyl (C=O) groups is 3. The number of aryl methyl sites for hydroxylation is 1. The van der Waals surface area contributed by atoms with Crippen LogP contribution >= 0.6 is 0 Å². The lowest BCUT2D eigenvalue weighted by Gasteiger charge is -2.04. The number of fused-ring (bicyclic) bond motifs is 1. The highest BCUT2D eigenvalue weighted by Gasteiger charge is 2.11. The maximum Gasteiger partial charge on any atom is 0.368 e. The third kappa shape index (κ3) is 2.48. The monoisotopic (exact) mass is 245 g/mol. The van der Waals surface area contributed by atoms with E-state index in [1.54, 1.807) is 19.1 Å². The van der Waals surface area contributed by atoms with E-state index in [-0.39, 0.29) is 18.1 Å². The van der Waals surface area contributed by atoms with Gasteiger partial charge in [-0.25, -0.2) is 4.79 Å². The Hall–Kier alpha value is -2.37. The molecule has 92 valence electrons. The molecule has 1 aliphatic rings. The molecule has 0 aromatic heterocycles. The number of nitrogens with one attached hydrogen (secondary N) is 1. The third-order valence-corrected chi connectivity index (χ3v) is 2.40. The van der Waals surface area contributed by atoms with Crippen LogP contribution < -0.4 is 16.0 Å². The molecule has 1 heterocycles. The zero-order valence-corrected chi connectivity index (χ0v) is 9.98. The van der Waals surface area contributed by atoms with E-state index in [0.717, 1.165) is 5.56 Å². The van der Waals surface area contributed by atoms with Crippen LogP contribution in [0.2, 0.25) is 0 Å². The third-order valence-electron chi connectivity index (χ3n) is 2.40. The molecule has 1 aromatic carbocycles. The van der Waals surface area contributed by atoms with Crippen molar-refractivity contribution < 1.29 is 14.4 Å². The molecule has 0 aliphatic carbocycles. The lowest BCUT2D eigenvalue weighted by Crippen LogP contribution is -2.26. The number of nitrogens with zero attached hydrogens (tertiary/aromatic N) is 2. The second kappa shape index (κ2) is 4.48. The Bertz CT molecular complexity index is 677. The van der Waals surface area contributed by atoms with Crippen molar-refractivity contribution in [1.29, 1.82) is 0 Å². The standard InChI is InChI=1S/C12H11N3O3/c1-6-3-8(13-10(17)4-7(2)16)5-9-11(6)15-12(18)14-9/h3,5H,4H2,1-2H3,(H,13,17). The molecule has 1 aliphatic heterocycles. The van der Waals surface area contributed by atoms with Crippen molar-refractivity contribution in [2.45, 2.75) is 20.3 Å². The summed E-state index contributed by atoms with van der Waals surface area (Å²) in [6.07, 6.45) is -0.170. The van der Waals surface area contributed by atoms with Crippen LogP contribution in [0.15, 0.2) is 22.1 Å². The maximum absolute atomic E-state index is 11.4. The molecule has 0 radical (unpaired) electrons. The minimum atomic E-state index is -0.541. The van der Waals surface area contributed by atoms with Gasteiger partial charge in [-0.05, 0) is 31.5 Å². The van der Waals surface area contributed by atoms with Crippen LogP contribution in [0, 0.1) is 6.92 Å². The predicted octanol–water partition coefficient (Wildman–Crippen LogP) is 0.285. The Morgan fingerprint density at radius 1 is 1.28 bits per heavy atom. The SMILES string of the molecule is CC(=O)CC(=O)Nc1cc(C)c2c(c1)=NC(=O)N=2. The summed E-state index contributed by atoms with van der Waals surface area (Å²) in [7, 11) is 0. The minimum absolute atomic E-state index is 0.170. The van der Waals surface area contributed by atoms with Gasteiger partial charge in [-0.2, -0.15) is 9.98 Å². The van der Waals surface area contributed by atoms with Gasteiger partial charge in [-0.3, -0.25) is 9.59 Å². The number of anilines is 1. The molecule has 3 amide bonds. The number of hydrogen-bond acceptors (Lipinski definition) is 3. The first kappa shape index (κ1) is 12.1. The average Bonchev–Trinajstić information content (AvgIpc) is 2.57. The molecular weight excluding hydrogens is 234 g/mol. The van der Waals surface area contributed by atoms with E-state index in [1.807, 2.05) is 0 Å². The van der Waals surface area contributed by atoms with Gasteiger partial charge in [0, 0.05) is 5.69 Å². The summed E-state index contributed by atoms with van der Waals surface area (Å²) in [4.78, 5) is 40.8. The van der Waals surface area contributed by atoms with Gasteiger partial charge < -0.3 is 5.32 Å². The summed E-state index contributed by atoms with van der Waals surface area (Å²) < 4.78 is 0. The smallest absolute Gasteiger partial charge is 0.326 e. The number of amides is 3. The minimum Gasteiger partial charge on any atom is -0.326 e. The van der Waals surface area contributed by atoms with Crippen LogP contribution in [0.5, 0.6) is 0 Å². The molecule has 2 rings (SSSR count). The van der Waals surface area contributed by atoms with Crippen molar-refractivity contribution in [3.63, 3.8) is 0 Å². The first-order valence-electron chi connectivity index (χ1n) is 5.37. The van der Waals surface area contributed by atoms with Crippen molar-refractivity contribution in [3.8, 4) is 0 Å². The Morgan fingerprint density at radius 3 is 2.67 bits per heavy atom. The van der Waals surface area contributed by atoms with Crippen LogP contribution in [0.1, 0.15) is 18.9 Å². The molecule has 6 nitrogen and oxygen atoms in total. The molecule has 0 bridgehead atoms. The van der Waals surface area contributed by atoms with E-state index >= 15 is 0 Å². The van der Waals surface area contributed by atoms with Gasteiger partial charge in [0.05, 0.1) is 17.1 Å². The van der Waals surface area contributed by atoms with Crippen LogP contribution in [-0.4, -0.2) is 17.7 Å². The van der Waals surface area contributed by atoms with Crippen molar-refractivity contribution in [2.75, 3.05) is 5.32 Å². The molecule has 1 aromatic rings. The number of benzene rings is 1. The summed E-state index contributed by atoms with van der Waals surface area (Å²) in [5, 5.41) is 3.56. The summed E-state index contributed by atoms with van der Waals surface area (Å²) in [5.74, 6) is -0.594. The van der Waals surface area contributed by atoms with Crippen molar-refractivity contribution in [2.24, 2.45) is 9.98 Å². The zero-order chi connectivity index (χ0) is 13.3. The maximum atomic E-state index is 11.4. The highest BCUT2D eigenvalue weighted by atomic mass is 16.2. The second-order valence-electron chi connectivity index (χ2n) is 4.09. The first-order chi connectivity index (χ1) is 8.45. The predicted molar refractivity (Wildman–Crippen MR) is 62.8 cm³/mol. The van der Waals surface area contributed by atoms with Gasteiger partial charge in [0.25, 0.3) is 0 Å². The van der Waals surface area contributed by atoms with E-state index in [1.165, 1.54) is 6.92 Å². The number of urea groups is 1. The largest absolute Gasteiger partial charge is 0.368 e. The van der Waals surface area contributed by atoms with Crippen molar-refractivity contribution >= 4 is 23.4 Å². The van der Waals surface area contributed by atoms with Gasteiger partial charge in [-0.15, -0.1) is 0 Å². The van der Waals surface area contributed by atoms with Crippen LogP contribution in [0.3, 0.4) is 0 Å². The Balaban J connectivity index is 2.31. The topological polar surface area (TPSA) is 88.0 Å². The number of Topliss-reactive ketones (excluding diaryl/α,β-unsaturated/α-hetero) is 1. The number of rotatable bonds is 3. The normalized spacial score (nSPS) is 12.4. The quantitative estimate of drug-likeness (QED) is 0.776. The molecular formula is C12H11N3O3. The van der Waals surface area contributed by atoms with E-state index in [4.69, 9.17) is 0 Å². The van der Waals surface area contributed by atoms with Gasteiger partial charge in [-0.1, -0.05) is 0 Å². The summed E-state index contributed by atoms with van der Waals surface area (Å²) in [6.45, 7) is 3.12. The zero-order valence-electron chi connectivity index (χ0n) is 9.98. The first-order valence-corrected chi connectivity index (χ1v) is 5.37. The van der Waals surface area contributed by atoms with Crippen LogP contribution in [0.25, 0.3) is 0 Å². The van der Waals surface area contributed by atoms with E-state index in [9.17, 15) is 14.4 Å². The summed E-state index contributed by atoms with van der Waals surface area (Å²) >= 11 is 0. The van der Waals surface area contributed by atoms with Gasteiger partial charge in [0.2, 0.25) is 5.91 Å². The fourth-order valence-corrected chi connectivity index (χ4v) is 1.72. The van der Waals surface area contributed by atoms with E-state index in [2.05, 4.69) is 15.3 Å². The van der Waals surface area contributed by atoms with E-state index < -0.39 is 6.03 Å². The van der Waals surface area contributed by atoms with Gasteiger partial charge in [0.15, 0.2) is 0 Å². The molecule has 0 unspecified atom stereocenters. The molecule has 0 saturated heterocycles. The Kier molecular flexibility index (Phi) is 3.01. The highest BCUT2D eigenvalue weighted by molar-refractivity contribution is 6.03. The molecule has 0 saturated carbocycles.